The van der Waals surface area contributed by atoms with Crippen molar-refractivity contribution in [3.05, 3.63) is 50.5 Å². The summed E-state index contributed by atoms with van der Waals surface area (Å²) in [6.07, 6.45) is 0. The number of carbonyl (C=O) groups is 1. The molecular weight excluding hydrogens is 464 g/mol. The molecule has 3 heterocycles. The highest BCUT2D eigenvalue weighted by molar-refractivity contribution is 7.99. The van der Waals surface area contributed by atoms with Gasteiger partial charge < -0.3 is 14.6 Å². The van der Waals surface area contributed by atoms with Crippen LogP contribution in [0.1, 0.15) is 6.92 Å². The van der Waals surface area contributed by atoms with Crippen molar-refractivity contribution in [3.8, 4) is 17.0 Å². The largest absolute Gasteiger partial charge is 0.497 e. The number of imidazole rings is 1. The number of anilines is 1. The first-order chi connectivity index (χ1) is 15.8. The van der Waals surface area contributed by atoms with Gasteiger partial charge in [-0.2, -0.15) is 0 Å². The summed E-state index contributed by atoms with van der Waals surface area (Å²) in [7, 11) is 4.62. The van der Waals surface area contributed by atoms with E-state index in [-0.39, 0.29) is 11.7 Å². The summed E-state index contributed by atoms with van der Waals surface area (Å²) < 4.78 is 9.28. The van der Waals surface area contributed by atoms with Crippen molar-refractivity contribution in [3.63, 3.8) is 0 Å². The van der Waals surface area contributed by atoms with Crippen LogP contribution in [0, 0.1) is 0 Å². The van der Waals surface area contributed by atoms with Crippen molar-refractivity contribution in [2.45, 2.75) is 18.6 Å². The van der Waals surface area contributed by atoms with Crippen LogP contribution in [0.3, 0.4) is 0 Å². The van der Waals surface area contributed by atoms with Gasteiger partial charge in [-0.25, -0.2) is 14.8 Å². The number of thioether (sulfide) groups is 1. The Morgan fingerprint density at radius 2 is 1.88 bits per heavy atom. The van der Waals surface area contributed by atoms with Gasteiger partial charge in [-0.1, -0.05) is 11.8 Å². The lowest BCUT2D eigenvalue weighted by Gasteiger charge is -2.06. The summed E-state index contributed by atoms with van der Waals surface area (Å²) in [4.78, 5) is 46.3. The van der Waals surface area contributed by atoms with Gasteiger partial charge in [0.25, 0.3) is 5.56 Å². The average Bonchev–Trinajstić information content (AvgIpc) is 3.44. The number of thiazole rings is 1. The van der Waals surface area contributed by atoms with Gasteiger partial charge in [0.1, 0.15) is 5.75 Å². The number of methoxy groups -OCH3 is 1. The fourth-order valence-electron chi connectivity index (χ4n) is 3.34. The SMILES string of the molecule is CCn1c(SCC(=O)Nc2nc(-c3ccc(OC)cc3)cs2)nc2c1c(=O)n(C)c(=O)n2C. The quantitative estimate of drug-likeness (QED) is 0.399. The van der Waals surface area contributed by atoms with Gasteiger partial charge in [0, 0.05) is 31.6 Å². The molecule has 0 fully saturated rings. The van der Waals surface area contributed by atoms with Crippen LogP contribution >= 0.6 is 23.1 Å². The molecule has 3 aromatic heterocycles. The predicted molar refractivity (Wildman–Crippen MR) is 129 cm³/mol. The van der Waals surface area contributed by atoms with E-state index in [9.17, 15) is 14.4 Å². The van der Waals surface area contributed by atoms with E-state index >= 15 is 0 Å². The maximum atomic E-state index is 12.6. The summed E-state index contributed by atoms with van der Waals surface area (Å²) in [5.74, 6) is 0.595. The molecule has 172 valence electrons. The Morgan fingerprint density at radius 3 is 2.55 bits per heavy atom. The molecule has 0 atom stereocenters. The number of aromatic nitrogens is 5. The lowest BCUT2D eigenvalue weighted by Crippen LogP contribution is -2.37. The summed E-state index contributed by atoms with van der Waals surface area (Å²) in [5, 5.41) is 5.67. The van der Waals surface area contributed by atoms with Gasteiger partial charge in [0.15, 0.2) is 21.5 Å². The lowest BCUT2D eigenvalue weighted by atomic mass is 10.2. The van der Waals surface area contributed by atoms with Crippen LogP contribution in [0.4, 0.5) is 5.13 Å². The van der Waals surface area contributed by atoms with Crippen LogP contribution in [0.15, 0.2) is 44.4 Å². The zero-order valence-corrected chi connectivity index (χ0v) is 20.1. The molecule has 1 N–H and O–H groups in total. The van der Waals surface area contributed by atoms with Crippen molar-refractivity contribution >= 4 is 45.3 Å². The number of rotatable bonds is 7. The molecule has 12 heteroatoms. The first kappa shape index (κ1) is 22.8. The van der Waals surface area contributed by atoms with Crippen molar-refractivity contribution in [2.75, 3.05) is 18.2 Å². The van der Waals surface area contributed by atoms with E-state index < -0.39 is 11.2 Å². The number of carbonyl (C=O) groups excluding carboxylic acids is 1. The zero-order chi connectivity index (χ0) is 23.7. The average molecular weight is 487 g/mol. The molecule has 0 bridgehead atoms. The van der Waals surface area contributed by atoms with Gasteiger partial charge in [-0.15, -0.1) is 11.3 Å². The summed E-state index contributed by atoms with van der Waals surface area (Å²) in [5.41, 5.74) is 1.47. The van der Waals surface area contributed by atoms with Gasteiger partial charge in [-0.05, 0) is 31.2 Å². The number of ether oxygens (including phenoxy) is 1. The van der Waals surface area contributed by atoms with Gasteiger partial charge in [-0.3, -0.25) is 18.7 Å². The molecule has 33 heavy (non-hydrogen) atoms. The third kappa shape index (κ3) is 4.31. The van der Waals surface area contributed by atoms with Crippen LogP contribution in [0.2, 0.25) is 0 Å². The summed E-state index contributed by atoms with van der Waals surface area (Å²) in [6, 6.07) is 7.52. The fraction of sp³-hybridized carbons (Fsp3) is 0.286. The van der Waals surface area contributed by atoms with E-state index in [1.54, 1.807) is 18.7 Å². The number of hydrogen-bond acceptors (Lipinski definition) is 8. The van der Waals surface area contributed by atoms with Crippen molar-refractivity contribution in [1.82, 2.24) is 23.7 Å². The molecule has 0 saturated heterocycles. The molecule has 0 aliphatic rings. The highest BCUT2D eigenvalue weighted by atomic mass is 32.2. The number of nitrogens with zero attached hydrogens (tertiary/aromatic N) is 5. The molecular formula is C21H22N6O4S2. The second-order valence-corrected chi connectivity index (χ2v) is 8.92. The summed E-state index contributed by atoms with van der Waals surface area (Å²) in [6.45, 7) is 2.36. The molecule has 0 unspecified atom stereocenters. The second-order valence-electron chi connectivity index (χ2n) is 7.12. The molecule has 0 saturated carbocycles. The number of amides is 1. The minimum Gasteiger partial charge on any atom is -0.497 e. The van der Waals surface area contributed by atoms with Gasteiger partial charge >= 0.3 is 5.69 Å². The third-order valence-electron chi connectivity index (χ3n) is 5.10. The zero-order valence-electron chi connectivity index (χ0n) is 18.5. The van der Waals surface area contributed by atoms with E-state index in [4.69, 9.17) is 4.74 Å². The first-order valence-electron chi connectivity index (χ1n) is 10.0. The molecule has 0 aliphatic carbocycles. The van der Waals surface area contributed by atoms with E-state index in [2.05, 4.69) is 15.3 Å². The maximum Gasteiger partial charge on any atom is 0.332 e. The normalized spacial score (nSPS) is 11.2. The Morgan fingerprint density at radius 1 is 1.15 bits per heavy atom. The standard InChI is InChI=1S/C21H22N6O4S2/c1-5-27-16-17(25(2)21(30)26(3)18(16)29)24-20(27)33-11-15(28)23-19-22-14(10-32-19)12-6-8-13(31-4)9-7-12/h6-10H,5,11H2,1-4H3,(H,22,23,28). The molecule has 1 amide bonds. The van der Waals surface area contributed by atoms with Crippen LogP contribution in [0.5, 0.6) is 5.75 Å². The van der Waals surface area contributed by atoms with Crippen molar-refractivity contribution < 1.29 is 9.53 Å². The van der Waals surface area contributed by atoms with E-state index in [0.29, 0.717) is 28.0 Å². The van der Waals surface area contributed by atoms with Crippen molar-refractivity contribution in [2.24, 2.45) is 14.1 Å². The van der Waals surface area contributed by atoms with Crippen molar-refractivity contribution in [1.29, 1.82) is 0 Å². The smallest absolute Gasteiger partial charge is 0.332 e. The highest BCUT2D eigenvalue weighted by Crippen LogP contribution is 2.27. The highest BCUT2D eigenvalue weighted by Gasteiger charge is 2.19. The monoisotopic (exact) mass is 486 g/mol. The van der Waals surface area contributed by atoms with Gasteiger partial charge in [0.2, 0.25) is 5.91 Å². The maximum absolute atomic E-state index is 12.6. The molecule has 10 nitrogen and oxygen atoms in total. The Hall–Kier alpha value is -3.38. The molecule has 0 aliphatic heterocycles. The van der Waals surface area contributed by atoms with Crippen LogP contribution < -0.4 is 21.3 Å². The lowest BCUT2D eigenvalue weighted by molar-refractivity contribution is -0.113. The molecule has 0 radical (unpaired) electrons. The third-order valence-corrected chi connectivity index (χ3v) is 6.83. The Bertz CT molecular complexity index is 1450. The molecule has 4 rings (SSSR count). The van der Waals surface area contributed by atoms with Crippen LogP contribution in [-0.4, -0.2) is 42.4 Å². The molecule has 1 aromatic carbocycles. The first-order valence-corrected chi connectivity index (χ1v) is 11.9. The molecule has 4 aromatic rings. The minimum absolute atomic E-state index is 0.0784. The Labute approximate surface area is 196 Å². The Balaban J connectivity index is 1.49. The number of benzene rings is 1. The minimum atomic E-state index is -0.445. The number of fused-ring (bicyclic) bond motifs is 1. The van der Waals surface area contributed by atoms with E-state index in [1.807, 2.05) is 36.6 Å². The number of aryl methyl sites for hydroxylation is 2. The number of nitrogens with one attached hydrogen (secondary N) is 1. The van der Waals surface area contributed by atoms with Crippen LogP contribution in [0.25, 0.3) is 22.4 Å². The van der Waals surface area contributed by atoms with Crippen LogP contribution in [-0.2, 0) is 25.4 Å². The van der Waals surface area contributed by atoms with Gasteiger partial charge in [0.05, 0.1) is 18.6 Å². The summed E-state index contributed by atoms with van der Waals surface area (Å²) >= 11 is 2.54. The van der Waals surface area contributed by atoms with E-state index in [1.165, 1.54) is 34.7 Å². The second kappa shape index (κ2) is 9.24. The topological polar surface area (TPSA) is 113 Å². The van der Waals surface area contributed by atoms with E-state index in [0.717, 1.165) is 21.6 Å². The predicted octanol–water partition coefficient (Wildman–Crippen LogP) is 2.32. The molecule has 0 spiro atoms. The Kier molecular flexibility index (Phi) is 6.38. The fourth-order valence-corrected chi connectivity index (χ4v) is 4.94. The number of hydrogen-bond donors (Lipinski definition) is 1.